The smallest absolute Gasteiger partial charge is 0.163 e. The van der Waals surface area contributed by atoms with Gasteiger partial charge in [-0.3, -0.25) is 4.79 Å². The molecule has 1 aromatic carbocycles. The zero-order valence-corrected chi connectivity index (χ0v) is 11.5. The molecule has 0 aliphatic rings. The summed E-state index contributed by atoms with van der Waals surface area (Å²) in [4.78, 5) is 11.2. The van der Waals surface area contributed by atoms with E-state index in [2.05, 4.69) is 22.0 Å². The molecule has 15 heavy (non-hydrogen) atoms. The predicted octanol–water partition coefficient (Wildman–Crippen LogP) is 3.23. The molecule has 0 spiro atoms. The lowest BCUT2D eigenvalue weighted by molar-refractivity contribution is 0.101. The largest absolute Gasteiger partial charge is 0.490 e. The molecule has 0 aliphatic carbocycles. The van der Waals surface area contributed by atoms with Crippen molar-refractivity contribution in [3.05, 3.63) is 29.8 Å². The van der Waals surface area contributed by atoms with E-state index in [1.807, 2.05) is 12.1 Å². The molecule has 0 amide bonds. The average Bonchev–Trinajstić information content (AvgIpc) is 2.25. The molecule has 82 valence electrons. The number of hydrogen-bond acceptors (Lipinski definition) is 3. The first kappa shape index (κ1) is 12.9. The lowest BCUT2D eigenvalue weighted by atomic mass is 10.1. The number of halogens is 1. The molecule has 0 radical (unpaired) electrons. The SMILES string of the molecule is CC(=O)c1ccccc1OCCOPI. The lowest BCUT2D eigenvalue weighted by Crippen LogP contribution is -2.06. The van der Waals surface area contributed by atoms with Crippen molar-refractivity contribution in [2.45, 2.75) is 6.92 Å². The third-order valence-corrected chi connectivity index (χ3v) is 3.01. The quantitative estimate of drug-likeness (QED) is 0.346. The van der Waals surface area contributed by atoms with Gasteiger partial charge in [0.15, 0.2) is 5.78 Å². The molecule has 0 heterocycles. The topological polar surface area (TPSA) is 35.5 Å². The number of rotatable bonds is 6. The molecule has 1 unspecified atom stereocenters. The van der Waals surface area contributed by atoms with Crippen LogP contribution in [-0.2, 0) is 4.52 Å². The van der Waals surface area contributed by atoms with Crippen LogP contribution in [0.25, 0.3) is 0 Å². The second kappa shape index (κ2) is 7.14. The van der Waals surface area contributed by atoms with Gasteiger partial charge >= 0.3 is 0 Å². The molecule has 0 aromatic heterocycles. The maximum atomic E-state index is 11.2. The molecule has 1 rings (SSSR count). The standard InChI is InChI=1S/C10H12IO3P/c1-8(12)9-4-2-3-5-10(9)13-6-7-14-15-11/h2-5,15H,6-7H2,1H3. The Labute approximate surface area is 104 Å². The van der Waals surface area contributed by atoms with Crippen molar-refractivity contribution in [1.29, 1.82) is 0 Å². The summed E-state index contributed by atoms with van der Waals surface area (Å²) in [5.74, 6) is 0.646. The van der Waals surface area contributed by atoms with Gasteiger partial charge in [0.1, 0.15) is 12.4 Å². The molecular weight excluding hydrogens is 326 g/mol. The Hall–Kier alpha value is -0.190. The minimum absolute atomic E-state index is 0.0160. The van der Waals surface area contributed by atoms with E-state index in [0.717, 1.165) is 0 Å². The van der Waals surface area contributed by atoms with Gasteiger partial charge in [-0.05, 0) is 41.1 Å². The Balaban J connectivity index is 2.56. The first-order valence-electron chi connectivity index (χ1n) is 4.46. The van der Waals surface area contributed by atoms with Gasteiger partial charge in [0.05, 0.1) is 18.6 Å². The van der Waals surface area contributed by atoms with Gasteiger partial charge in [-0.25, -0.2) is 0 Å². The number of carbonyl (C=O) groups is 1. The Morgan fingerprint density at radius 2 is 2.13 bits per heavy atom. The van der Waals surface area contributed by atoms with Crippen molar-refractivity contribution in [2.75, 3.05) is 13.2 Å². The fourth-order valence-electron chi connectivity index (χ4n) is 1.12. The highest BCUT2D eigenvalue weighted by Crippen LogP contribution is 2.22. The van der Waals surface area contributed by atoms with Crippen LogP contribution in [0.5, 0.6) is 5.75 Å². The molecular formula is C10H12IO3P. The van der Waals surface area contributed by atoms with Crippen molar-refractivity contribution in [3.8, 4) is 5.75 Å². The van der Waals surface area contributed by atoms with Gasteiger partial charge in [0.25, 0.3) is 0 Å². The molecule has 5 heteroatoms. The van der Waals surface area contributed by atoms with Crippen LogP contribution in [0.3, 0.4) is 0 Å². The van der Waals surface area contributed by atoms with Crippen molar-refractivity contribution in [3.63, 3.8) is 0 Å². The van der Waals surface area contributed by atoms with E-state index in [0.29, 0.717) is 31.0 Å². The highest BCUT2D eigenvalue weighted by Gasteiger charge is 2.06. The van der Waals surface area contributed by atoms with Gasteiger partial charge in [-0.2, -0.15) is 0 Å². The third kappa shape index (κ3) is 4.45. The predicted molar refractivity (Wildman–Crippen MR) is 70.2 cm³/mol. The zero-order chi connectivity index (χ0) is 11.1. The maximum absolute atomic E-state index is 11.2. The van der Waals surface area contributed by atoms with Crippen molar-refractivity contribution in [1.82, 2.24) is 0 Å². The molecule has 0 fully saturated rings. The number of benzene rings is 1. The van der Waals surface area contributed by atoms with E-state index in [9.17, 15) is 4.79 Å². The maximum Gasteiger partial charge on any atom is 0.163 e. The number of para-hydroxylation sites is 1. The van der Waals surface area contributed by atoms with E-state index in [1.165, 1.54) is 6.92 Å². The first-order chi connectivity index (χ1) is 7.25. The summed E-state index contributed by atoms with van der Waals surface area (Å²) < 4.78 is 10.6. The van der Waals surface area contributed by atoms with Gasteiger partial charge in [0, 0.05) is 0 Å². The molecule has 1 atom stereocenters. The monoisotopic (exact) mass is 338 g/mol. The molecule has 0 N–H and O–H groups in total. The van der Waals surface area contributed by atoms with Gasteiger partial charge < -0.3 is 9.26 Å². The summed E-state index contributed by atoms with van der Waals surface area (Å²) in [6.45, 7) is 3.00. The van der Waals surface area contributed by atoms with Crippen LogP contribution in [0.15, 0.2) is 24.3 Å². The van der Waals surface area contributed by atoms with E-state index < -0.39 is 0 Å². The average molecular weight is 338 g/mol. The Bertz CT molecular complexity index is 330. The summed E-state index contributed by atoms with van der Waals surface area (Å²) in [6, 6.07) is 7.23. The van der Waals surface area contributed by atoms with E-state index in [1.54, 1.807) is 12.1 Å². The Morgan fingerprint density at radius 1 is 1.40 bits per heavy atom. The van der Waals surface area contributed by atoms with Crippen LogP contribution in [0.1, 0.15) is 17.3 Å². The molecule has 1 aromatic rings. The highest BCUT2D eigenvalue weighted by molar-refractivity contribution is 14.2. The molecule has 0 saturated carbocycles. The van der Waals surface area contributed by atoms with Gasteiger partial charge in [-0.15, -0.1) is 0 Å². The van der Waals surface area contributed by atoms with Crippen LogP contribution in [0.2, 0.25) is 0 Å². The Kier molecular flexibility index (Phi) is 6.13. The normalized spacial score (nSPS) is 10.8. The number of ketones is 1. The van der Waals surface area contributed by atoms with Crippen LogP contribution < -0.4 is 4.74 Å². The third-order valence-electron chi connectivity index (χ3n) is 1.76. The second-order valence-electron chi connectivity index (χ2n) is 2.83. The second-order valence-corrected chi connectivity index (χ2v) is 4.59. The Morgan fingerprint density at radius 3 is 2.80 bits per heavy atom. The van der Waals surface area contributed by atoms with E-state index in [4.69, 9.17) is 9.26 Å². The summed E-state index contributed by atoms with van der Waals surface area (Å²) in [5.41, 5.74) is 0.620. The number of ether oxygens (including phenoxy) is 1. The number of carbonyl (C=O) groups excluding carboxylic acids is 1. The first-order valence-corrected chi connectivity index (χ1v) is 8.48. The molecule has 3 nitrogen and oxygen atoms in total. The zero-order valence-electron chi connectivity index (χ0n) is 8.33. The van der Waals surface area contributed by atoms with Crippen LogP contribution in [0.4, 0.5) is 0 Å². The molecule has 0 bridgehead atoms. The highest BCUT2D eigenvalue weighted by atomic mass is 127. The van der Waals surface area contributed by atoms with Gasteiger partial charge in [0.2, 0.25) is 0 Å². The molecule has 0 saturated heterocycles. The summed E-state index contributed by atoms with van der Waals surface area (Å²) in [5, 5.41) is 0. The van der Waals surface area contributed by atoms with E-state index >= 15 is 0 Å². The van der Waals surface area contributed by atoms with Crippen molar-refractivity contribution >= 4 is 34.3 Å². The lowest BCUT2D eigenvalue weighted by Gasteiger charge is -2.08. The number of Topliss-reactive ketones (excluding diaryl/α,β-unsaturated/α-hetero) is 1. The van der Waals surface area contributed by atoms with Crippen molar-refractivity contribution < 1.29 is 14.1 Å². The minimum atomic E-state index is 0.0160. The summed E-state index contributed by atoms with van der Waals surface area (Å²) >= 11 is 2.16. The fraction of sp³-hybridized carbons (Fsp3) is 0.300. The van der Waals surface area contributed by atoms with Crippen LogP contribution in [-0.4, -0.2) is 19.0 Å². The molecule has 0 aliphatic heterocycles. The number of hydrogen-bond donors (Lipinski definition) is 0. The van der Waals surface area contributed by atoms with Crippen LogP contribution >= 0.6 is 28.5 Å². The van der Waals surface area contributed by atoms with E-state index in [-0.39, 0.29) is 5.78 Å². The van der Waals surface area contributed by atoms with Crippen LogP contribution in [0, 0.1) is 0 Å². The fourth-order valence-corrected chi connectivity index (χ4v) is 1.94. The van der Waals surface area contributed by atoms with Gasteiger partial charge in [-0.1, -0.05) is 12.1 Å². The minimum Gasteiger partial charge on any atom is -0.490 e. The summed E-state index contributed by atoms with van der Waals surface area (Å²) in [7, 11) is 0. The van der Waals surface area contributed by atoms with Crippen molar-refractivity contribution in [2.24, 2.45) is 0 Å². The summed E-state index contributed by atoms with van der Waals surface area (Å²) in [6.07, 6.45) is 0.